The van der Waals surface area contributed by atoms with E-state index in [1.165, 1.54) is 57.9 Å². The standard InChI is InChI=1S/C13H27N/c1-3-11-14-12(2)7-6-10-13-8-4-5-9-13/h12-14H,3-11H2,1-2H3. The van der Waals surface area contributed by atoms with Gasteiger partial charge in [-0.2, -0.15) is 0 Å². The van der Waals surface area contributed by atoms with E-state index in [0.717, 1.165) is 12.0 Å². The summed E-state index contributed by atoms with van der Waals surface area (Å²) in [6.07, 6.45) is 11.6. The van der Waals surface area contributed by atoms with E-state index in [4.69, 9.17) is 0 Å². The zero-order valence-corrected chi connectivity index (χ0v) is 10.0. The Morgan fingerprint density at radius 3 is 2.64 bits per heavy atom. The fourth-order valence-corrected chi connectivity index (χ4v) is 2.50. The van der Waals surface area contributed by atoms with Crippen LogP contribution >= 0.6 is 0 Å². The van der Waals surface area contributed by atoms with Gasteiger partial charge in [0, 0.05) is 6.04 Å². The summed E-state index contributed by atoms with van der Waals surface area (Å²) in [5.41, 5.74) is 0. The van der Waals surface area contributed by atoms with Gasteiger partial charge in [-0.05, 0) is 32.2 Å². The summed E-state index contributed by atoms with van der Waals surface area (Å²) in [6.45, 7) is 5.74. The summed E-state index contributed by atoms with van der Waals surface area (Å²) >= 11 is 0. The summed E-state index contributed by atoms with van der Waals surface area (Å²) in [5.74, 6) is 1.08. The molecule has 1 atom stereocenters. The maximum Gasteiger partial charge on any atom is 0.00387 e. The van der Waals surface area contributed by atoms with Crippen molar-refractivity contribution in [2.75, 3.05) is 6.54 Å². The van der Waals surface area contributed by atoms with E-state index >= 15 is 0 Å². The fourth-order valence-electron chi connectivity index (χ4n) is 2.50. The first-order valence-corrected chi connectivity index (χ1v) is 6.56. The minimum atomic E-state index is 0.733. The molecule has 1 unspecified atom stereocenters. The monoisotopic (exact) mass is 197 g/mol. The molecule has 0 radical (unpaired) electrons. The molecule has 0 bridgehead atoms. The molecule has 0 aromatic heterocycles. The molecule has 1 aliphatic rings. The van der Waals surface area contributed by atoms with Gasteiger partial charge in [-0.1, -0.05) is 45.4 Å². The van der Waals surface area contributed by atoms with Crippen LogP contribution in [0.5, 0.6) is 0 Å². The lowest BCUT2D eigenvalue weighted by Gasteiger charge is -2.14. The summed E-state index contributed by atoms with van der Waals surface area (Å²) in [7, 11) is 0. The van der Waals surface area contributed by atoms with Crippen molar-refractivity contribution < 1.29 is 0 Å². The molecule has 1 rings (SSSR count). The number of hydrogen-bond donors (Lipinski definition) is 1. The van der Waals surface area contributed by atoms with E-state index in [2.05, 4.69) is 19.2 Å². The average molecular weight is 197 g/mol. The van der Waals surface area contributed by atoms with Gasteiger partial charge in [-0.15, -0.1) is 0 Å². The van der Waals surface area contributed by atoms with E-state index in [1.54, 1.807) is 0 Å². The maximum atomic E-state index is 3.56. The van der Waals surface area contributed by atoms with Crippen LogP contribution in [0.3, 0.4) is 0 Å². The second-order valence-corrected chi connectivity index (χ2v) is 4.94. The first-order valence-electron chi connectivity index (χ1n) is 6.56. The lowest BCUT2D eigenvalue weighted by molar-refractivity contribution is 0.430. The Morgan fingerprint density at radius 1 is 1.29 bits per heavy atom. The third kappa shape index (κ3) is 4.99. The molecule has 84 valence electrons. The van der Waals surface area contributed by atoms with Crippen molar-refractivity contribution in [3.8, 4) is 0 Å². The Kier molecular flexibility index (Phi) is 6.25. The summed E-state index contributed by atoms with van der Waals surface area (Å²) < 4.78 is 0. The van der Waals surface area contributed by atoms with Crippen molar-refractivity contribution in [2.45, 2.75) is 71.3 Å². The van der Waals surface area contributed by atoms with Crippen LogP contribution in [0, 0.1) is 5.92 Å². The van der Waals surface area contributed by atoms with E-state index < -0.39 is 0 Å². The second kappa shape index (κ2) is 7.28. The molecule has 14 heavy (non-hydrogen) atoms. The van der Waals surface area contributed by atoms with Gasteiger partial charge in [-0.3, -0.25) is 0 Å². The third-order valence-electron chi connectivity index (χ3n) is 3.47. The Labute approximate surface area is 89.7 Å². The average Bonchev–Trinajstić information content (AvgIpc) is 2.67. The van der Waals surface area contributed by atoms with Crippen LogP contribution in [0.2, 0.25) is 0 Å². The van der Waals surface area contributed by atoms with E-state index in [0.29, 0.717) is 0 Å². The van der Waals surface area contributed by atoms with Gasteiger partial charge >= 0.3 is 0 Å². The highest BCUT2D eigenvalue weighted by atomic mass is 14.9. The lowest BCUT2D eigenvalue weighted by Crippen LogP contribution is -2.26. The van der Waals surface area contributed by atoms with Gasteiger partial charge in [-0.25, -0.2) is 0 Å². The molecule has 0 aromatic carbocycles. The van der Waals surface area contributed by atoms with Crippen molar-refractivity contribution in [1.29, 1.82) is 0 Å². The zero-order chi connectivity index (χ0) is 10.2. The lowest BCUT2D eigenvalue weighted by atomic mass is 9.99. The number of nitrogens with one attached hydrogen (secondary N) is 1. The quantitative estimate of drug-likeness (QED) is 0.655. The van der Waals surface area contributed by atoms with Crippen LogP contribution in [0.4, 0.5) is 0 Å². The highest BCUT2D eigenvalue weighted by Gasteiger charge is 2.14. The van der Waals surface area contributed by atoms with Crippen molar-refractivity contribution in [2.24, 2.45) is 5.92 Å². The molecule has 0 heterocycles. The molecule has 0 amide bonds. The number of hydrogen-bond acceptors (Lipinski definition) is 1. The van der Waals surface area contributed by atoms with Crippen molar-refractivity contribution in [3.05, 3.63) is 0 Å². The summed E-state index contributed by atoms with van der Waals surface area (Å²) in [4.78, 5) is 0. The Hall–Kier alpha value is -0.0400. The Bertz CT molecular complexity index is 127. The molecule has 1 N–H and O–H groups in total. The van der Waals surface area contributed by atoms with Gasteiger partial charge in [0.15, 0.2) is 0 Å². The van der Waals surface area contributed by atoms with Gasteiger partial charge in [0.2, 0.25) is 0 Å². The van der Waals surface area contributed by atoms with Gasteiger partial charge < -0.3 is 5.32 Å². The fraction of sp³-hybridized carbons (Fsp3) is 1.00. The first-order chi connectivity index (χ1) is 6.83. The van der Waals surface area contributed by atoms with Crippen molar-refractivity contribution in [1.82, 2.24) is 5.32 Å². The van der Waals surface area contributed by atoms with E-state index in [1.807, 2.05) is 0 Å². The Morgan fingerprint density at radius 2 is 2.00 bits per heavy atom. The first kappa shape index (κ1) is 12.0. The topological polar surface area (TPSA) is 12.0 Å². The van der Waals surface area contributed by atoms with Gasteiger partial charge in [0.1, 0.15) is 0 Å². The third-order valence-corrected chi connectivity index (χ3v) is 3.47. The molecule has 0 aromatic rings. The molecule has 1 aliphatic carbocycles. The van der Waals surface area contributed by atoms with Crippen LogP contribution in [-0.4, -0.2) is 12.6 Å². The molecule has 1 heteroatoms. The Balaban J connectivity index is 1.91. The normalized spacial score (nSPS) is 20.1. The predicted octanol–water partition coefficient (Wildman–Crippen LogP) is 3.74. The van der Waals surface area contributed by atoms with Crippen LogP contribution in [0.15, 0.2) is 0 Å². The van der Waals surface area contributed by atoms with Gasteiger partial charge in [0.05, 0.1) is 0 Å². The molecule has 0 saturated heterocycles. The van der Waals surface area contributed by atoms with Gasteiger partial charge in [0.25, 0.3) is 0 Å². The number of rotatable bonds is 7. The molecule has 0 aliphatic heterocycles. The van der Waals surface area contributed by atoms with Crippen LogP contribution in [0.1, 0.15) is 65.2 Å². The minimum Gasteiger partial charge on any atom is -0.314 e. The summed E-state index contributed by atoms with van der Waals surface area (Å²) in [5, 5.41) is 3.56. The van der Waals surface area contributed by atoms with E-state index in [9.17, 15) is 0 Å². The van der Waals surface area contributed by atoms with Crippen molar-refractivity contribution >= 4 is 0 Å². The van der Waals surface area contributed by atoms with Crippen LogP contribution in [0.25, 0.3) is 0 Å². The molecule has 0 spiro atoms. The largest absolute Gasteiger partial charge is 0.314 e. The summed E-state index contributed by atoms with van der Waals surface area (Å²) in [6, 6.07) is 0.733. The molecule has 1 fully saturated rings. The zero-order valence-electron chi connectivity index (χ0n) is 10.0. The molecular weight excluding hydrogens is 170 g/mol. The maximum absolute atomic E-state index is 3.56. The van der Waals surface area contributed by atoms with Crippen LogP contribution in [-0.2, 0) is 0 Å². The molecule has 1 nitrogen and oxygen atoms in total. The SMILES string of the molecule is CCCNC(C)CCCC1CCCC1. The van der Waals surface area contributed by atoms with Crippen LogP contribution < -0.4 is 5.32 Å². The highest BCUT2D eigenvalue weighted by molar-refractivity contribution is 4.68. The van der Waals surface area contributed by atoms with E-state index in [-0.39, 0.29) is 0 Å². The van der Waals surface area contributed by atoms with Crippen molar-refractivity contribution in [3.63, 3.8) is 0 Å². The predicted molar refractivity (Wildman–Crippen MR) is 63.6 cm³/mol. The smallest absolute Gasteiger partial charge is 0.00387 e. The molecular formula is C13H27N. The minimum absolute atomic E-state index is 0.733. The molecule has 1 saturated carbocycles. The highest BCUT2D eigenvalue weighted by Crippen LogP contribution is 2.29. The second-order valence-electron chi connectivity index (χ2n) is 4.94.